The Morgan fingerprint density at radius 2 is 1.69 bits per heavy atom. The van der Waals surface area contributed by atoms with Crippen LogP contribution < -0.4 is 10.5 Å². The highest BCUT2D eigenvalue weighted by atomic mass is 16.5. The van der Waals surface area contributed by atoms with Crippen molar-refractivity contribution in [3.8, 4) is 11.5 Å². The lowest BCUT2D eigenvalue weighted by Gasteiger charge is -2.05. The second-order valence-electron chi connectivity index (χ2n) is 3.19. The van der Waals surface area contributed by atoms with Gasteiger partial charge in [0.1, 0.15) is 11.5 Å². The highest BCUT2D eigenvalue weighted by Gasteiger charge is 1.96. The van der Waals surface area contributed by atoms with E-state index in [1.54, 1.807) is 0 Å². The van der Waals surface area contributed by atoms with E-state index in [0.29, 0.717) is 0 Å². The first-order chi connectivity index (χ1) is 7.88. The summed E-state index contributed by atoms with van der Waals surface area (Å²) >= 11 is 0. The minimum Gasteiger partial charge on any atom is -0.457 e. The van der Waals surface area contributed by atoms with Gasteiger partial charge in [0.25, 0.3) is 0 Å². The largest absolute Gasteiger partial charge is 0.457 e. The minimum absolute atomic E-state index is 0.745. The lowest BCUT2D eigenvalue weighted by molar-refractivity contribution is 0.483. The van der Waals surface area contributed by atoms with Crippen LogP contribution in [0, 0.1) is 0 Å². The van der Waals surface area contributed by atoms with Crippen molar-refractivity contribution in [2.45, 2.75) is 0 Å². The van der Waals surface area contributed by atoms with Crippen LogP contribution in [0.3, 0.4) is 0 Å². The number of hydrogen-bond donors (Lipinski definition) is 1. The summed E-state index contributed by atoms with van der Waals surface area (Å²) in [6.07, 6.45) is 1.27. The summed E-state index contributed by atoms with van der Waals surface area (Å²) in [5.41, 5.74) is 6.00. The van der Waals surface area contributed by atoms with Crippen LogP contribution in [0.5, 0.6) is 11.5 Å². The summed E-state index contributed by atoms with van der Waals surface area (Å²) in [6, 6.07) is 17.1. The van der Waals surface area contributed by atoms with E-state index in [1.807, 2.05) is 54.6 Å². The molecule has 0 unspecified atom stereocenters. The Morgan fingerprint density at radius 1 is 0.938 bits per heavy atom. The van der Waals surface area contributed by atoms with Crippen LogP contribution in [0.4, 0.5) is 5.69 Å². The lowest BCUT2D eigenvalue weighted by Crippen LogP contribution is -1.87. The number of ether oxygens (including phenoxy) is 1. The van der Waals surface area contributed by atoms with Crippen molar-refractivity contribution < 1.29 is 4.74 Å². The van der Waals surface area contributed by atoms with E-state index in [-0.39, 0.29) is 0 Å². The van der Waals surface area contributed by atoms with Crippen LogP contribution in [0.1, 0.15) is 0 Å². The number of nitrogens with zero attached hydrogens (tertiary/aromatic N) is 1. The molecule has 80 valence electrons. The van der Waals surface area contributed by atoms with Crippen molar-refractivity contribution in [2.24, 2.45) is 10.7 Å². The Labute approximate surface area is 94.2 Å². The molecular formula is C13H12N2O. The normalized spacial score (nSPS) is 10.5. The van der Waals surface area contributed by atoms with Gasteiger partial charge in [-0.25, -0.2) is 4.99 Å². The molecule has 0 spiro atoms. The molecule has 0 bridgehead atoms. The second-order valence-corrected chi connectivity index (χ2v) is 3.19. The van der Waals surface area contributed by atoms with Crippen molar-refractivity contribution >= 4 is 12.0 Å². The zero-order valence-electron chi connectivity index (χ0n) is 8.71. The van der Waals surface area contributed by atoms with Crippen LogP contribution in [0.15, 0.2) is 59.6 Å². The Hall–Kier alpha value is -2.29. The van der Waals surface area contributed by atoms with Gasteiger partial charge < -0.3 is 10.5 Å². The van der Waals surface area contributed by atoms with Crippen molar-refractivity contribution in [1.82, 2.24) is 0 Å². The standard InChI is InChI=1S/C13H12N2O/c14-10-15-11-5-4-8-13(9-11)16-12-6-2-1-3-7-12/h1-10H,(H2,14,15). The number of benzene rings is 2. The third kappa shape index (κ3) is 2.60. The molecule has 16 heavy (non-hydrogen) atoms. The van der Waals surface area contributed by atoms with Gasteiger partial charge in [0.15, 0.2) is 0 Å². The highest BCUT2D eigenvalue weighted by Crippen LogP contribution is 2.24. The molecule has 2 rings (SSSR count). The third-order valence-corrected chi connectivity index (χ3v) is 2.02. The van der Waals surface area contributed by atoms with E-state index in [4.69, 9.17) is 10.5 Å². The van der Waals surface area contributed by atoms with Gasteiger partial charge in [-0.2, -0.15) is 0 Å². The van der Waals surface area contributed by atoms with Gasteiger partial charge in [-0.1, -0.05) is 24.3 Å². The summed E-state index contributed by atoms with van der Waals surface area (Å²) in [7, 11) is 0. The number of aliphatic imine (C=N–C) groups is 1. The summed E-state index contributed by atoms with van der Waals surface area (Å²) in [5, 5.41) is 0. The monoisotopic (exact) mass is 212 g/mol. The van der Waals surface area contributed by atoms with Gasteiger partial charge in [0.2, 0.25) is 0 Å². The molecule has 3 nitrogen and oxygen atoms in total. The van der Waals surface area contributed by atoms with Crippen LogP contribution in [-0.2, 0) is 0 Å². The molecular weight excluding hydrogens is 200 g/mol. The molecule has 0 aromatic heterocycles. The molecule has 2 aromatic rings. The SMILES string of the molecule is NC=Nc1cccc(Oc2ccccc2)c1. The van der Waals surface area contributed by atoms with Crippen LogP contribution in [0.2, 0.25) is 0 Å². The second kappa shape index (κ2) is 4.98. The first-order valence-electron chi connectivity index (χ1n) is 4.96. The molecule has 2 aromatic carbocycles. The zero-order valence-corrected chi connectivity index (χ0v) is 8.71. The summed E-state index contributed by atoms with van der Waals surface area (Å²) in [6.45, 7) is 0. The number of hydrogen-bond acceptors (Lipinski definition) is 2. The first-order valence-corrected chi connectivity index (χ1v) is 4.96. The minimum atomic E-state index is 0.745. The molecule has 0 fully saturated rings. The van der Waals surface area contributed by atoms with Gasteiger partial charge >= 0.3 is 0 Å². The predicted molar refractivity (Wildman–Crippen MR) is 65.3 cm³/mol. The van der Waals surface area contributed by atoms with Crippen molar-refractivity contribution in [2.75, 3.05) is 0 Å². The van der Waals surface area contributed by atoms with Gasteiger partial charge in [-0.15, -0.1) is 0 Å². The van der Waals surface area contributed by atoms with Crippen molar-refractivity contribution in [1.29, 1.82) is 0 Å². The van der Waals surface area contributed by atoms with E-state index in [0.717, 1.165) is 17.2 Å². The molecule has 0 amide bonds. The van der Waals surface area contributed by atoms with E-state index >= 15 is 0 Å². The Morgan fingerprint density at radius 3 is 2.44 bits per heavy atom. The fourth-order valence-electron chi connectivity index (χ4n) is 1.34. The van der Waals surface area contributed by atoms with Gasteiger partial charge in [-0.3, -0.25) is 0 Å². The average molecular weight is 212 g/mol. The molecule has 0 aliphatic heterocycles. The molecule has 0 aliphatic rings. The number of nitrogens with two attached hydrogens (primary N) is 1. The maximum absolute atomic E-state index is 5.65. The van der Waals surface area contributed by atoms with Crippen molar-refractivity contribution in [3.05, 3.63) is 54.6 Å². The lowest BCUT2D eigenvalue weighted by atomic mass is 10.3. The number of rotatable bonds is 3. The van der Waals surface area contributed by atoms with E-state index in [1.165, 1.54) is 6.34 Å². The van der Waals surface area contributed by atoms with E-state index in [2.05, 4.69) is 4.99 Å². The topological polar surface area (TPSA) is 47.6 Å². The van der Waals surface area contributed by atoms with Gasteiger partial charge in [-0.05, 0) is 24.3 Å². The molecule has 2 N–H and O–H groups in total. The quantitative estimate of drug-likeness (QED) is 0.627. The van der Waals surface area contributed by atoms with Crippen LogP contribution in [0.25, 0.3) is 0 Å². The van der Waals surface area contributed by atoms with E-state index in [9.17, 15) is 0 Å². The molecule has 0 heterocycles. The fraction of sp³-hybridized carbons (Fsp3) is 0. The first kappa shape index (κ1) is 10.2. The summed E-state index contributed by atoms with van der Waals surface area (Å²) < 4.78 is 5.65. The third-order valence-electron chi connectivity index (χ3n) is 2.02. The molecule has 0 radical (unpaired) electrons. The molecule has 0 saturated heterocycles. The Balaban J connectivity index is 2.19. The molecule has 0 atom stereocenters. The Kier molecular flexibility index (Phi) is 3.18. The fourth-order valence-corrected chi connectivity index (χ4v) is 1.34. The zero-order chi connectivity index (χ0) is 11.2. The smallest absolute Gasteiger partial charge is 0.129 e. The van der Waals surface area contributed by atoms with Gasteiger partial charge in [0, 0.05) is 6.07 Å². The van der Waals surface area contributed by atoms with E-state index < -0.39 is 0 Å². The van der Waals surface area contributed by atoms with Crippen LogP contribution in [-0.4, -0.2) is 6.34 Å². The molecule has 0 aliphatic carbocycles. The predicted octanol–water partition coefficient (Wildman–Crippen LogP) is 3.10. The highest BCUT2D eigenvalue weighted by molar-refractivity contribution is 5.59. The number of para-hydroxylation sites is 1. The Bertz CT molecular complexity index is 480. The maximum Gasteiger partial charge on any atom is 0.129 e. The summed E-state index contributed by atoms with van der Waals surface area (Å²) in [4.78, 5) is 3.98. The van der Waals surface area contributed by atoms with Crippen molar-refractivity contribution in [3.63, 3.8) is 0 Å². The summed E-state index contributed by atoms with van der Waals surface area (Å²) in [5.74, 6) is 1.55. The van der Waals surface area contributed by atoms with Crippen LogP contribution >= 0.6 is 0 Å². The maximum atomic E-state index is 5.65. The molecule has 3 heteroatoms. The molecule has 0 saturated carbocycles. The average Bonchev–Trinajstić information content (AvgIpc) is 2.31. The van der Waals surface area contributed by atoms with Gasteiger partial charge in [0.05, 0.1) is 12.0 Å².